The van der Waals surface area contributed by atoms with E-state index < -0.39 is 12.0 Å². The first-order chi connectivity index (χ1) is 10.2. The number of aliphatic carboxylic acids is 1. The Morgan fingerprint density at radius 3 is 3.05 bits per heavy atom. The van der Waals surface area contributed by atoms with Crippen LogP contribution in [0.4, 0.5) is 5.13 Å². The zero-order chi connectivity index (χ0) is 14.4. The smallest absolute Gasteiger partial charge is 0.322 e. The molecular weight excluding hydrogens is 290 g/mol. The number of hydrogen-bond donors (Lipinski definition) is 2. The van der Waals surface area contributed by atoms with Crippen LogP contribution in [0.5, 0.6) is 0 Å². The number of carboxylic acids is 1. The minimum Gasteiger partial charge on any atom is -0.480 e. The Kier molecular flexibility index (Phi) is 3.00. The zero-order valence-corrected chi connectivity index (χ0v) is 12.1. The maximum atomic E-state index is 11.1. The zero-order valence-electron chi connectivity index (χ0n) is 11.3. The highest BCUT2D eigenvalue weighted by molar-refractivity contribution is 7.22. The summed E-state index contributed by atoms with van der Waals surface area (Å²) in [6, 6.07) is -0.543. The third-order valence-electron chi connectivity index (χ3n) is 3.84. The first kappa shape index (κ1) is 12.9. The van der Waals surface area contributed by atoms with E-state index in [1.807, 2.05) is 11.1 Å². The number of fused-ring (bicyclic) bond motifs is 1. The summed E-state index contributed by atoms with van der Waals surface area (Å²) < 4.78 is 0.958. The Hall–Kier alpha value is -1.80. The van der Waals surface area contributed by atoms with E-state index in [1.165, 1.54) is 24.2 Å². The Balaban J connectivity index is 1.62. The molecule has 3 heterocycles. The van der Waals surface area contributed by atoms with Crippen molar-refractivity contribution in [3.8, 4) is 0 Å². The number of carbonyl (C=O) groups is 1. The average molecular weight is 305 g/mol. The van der Waals surface area contributed by atoms with E-state index in [0.717, 1.165) is 27.8 Å². The van der Waals surface area contributed by atoms with Crippen LogP contribution >= 0.6 is 11.3 Å². The van der Waals surface area contributed by atoms with E-state index in [-0.39, 0.29) is 0 Å². The third kappa shape index (κ3) is 2.44. The van der Waals surface area contributed by atoms with Crippen molar-refractivity contribution < 1.29 is 9.90 Å². The van der Waals surface area contributed by atoms with Gasteiger partial charge >= 0.3 is 5.97 Å². The van der Waals surface area contributed by atoms with Crippen molar-refractivity contribution in [2.45, 2.75) is 24.8 Å². The highest BCUT2D eigenvalue weighted by Gasteiger charge is 2.29. The number of thiazole rings is 1. The number of piperazine rings is 1. The van der Waals surface area contributed by atoms with Crippen LogP contribution < -0.4 is 10.2 Å². The van der Waals surface area contributed by atoms with E-state index in [4.69, 9.17) is 5.11 Å². The molecule has 0 aromatic carbocycles. The Labute approximate surface area is 125 Å². The van der Waals surface area contributed by atoms with Gasteiger partial charge in [0.25, 0.3) is 0 Å². The van der Waals surface area contributed by atoms with Gasteiger partial charge in [0.05, 0.1) is 10.9 Å². The van der Waals surface area contributed by atoms with Crippen molar-refractivity contribution in [2.75, 3.05) is 24.5 Å². The summed E-state index contributed by atoms with van der Waals surface area (Å²) in [5.74, 6) is 0.579. The fourth-order valence-corrected chi connectivity index (χ4v) is 3.41. The summed E-state index contributed by atoms with van der Waals surface area (Å²) in [4.78, 5) is 26.6. The predicted molar refractivity (Wildman–Crippen MR) is 78.8 cm³/mol. The van der Waals surface area contributed by atoms with E-state index in [9.17, 15) is 4.79 Å². The fraction of sp³-hybridized carbons (Fsp3) is 0.538. The van der Waals surface area contributed by atoms with Gasteiger partial charge < -0.3 is 15.3 Å². The van der Waals surface area contributed by atoms with Gasteiger partial charge in [0.15, 0.2) is 10.8 Å². The highest BCUT2D eigenvalue weighted by atomic mass is 32.1. The SMILES string of the molecule is O=C(O)[C@H]1CN(c2nc3nc(C4CC4)ncc3s2)CCN1. The minimum atomic E-state index is -0.823. The van der Waals surface area contributed by atoms with Crippen molar-refractivity contribution in [2.24, 2.45) is 0 Å². The molecule has 1 saturated heterocycles. The molecule has 0 spiro atoms. The number of rotatable bonds is 3. The lowest BCUT2D eigenvalue weighted by Crippen LogP contribution is -2.54. The van der Waals surface area contributed by atoms with Crippen molar-refractivity contribution >= 4 is 32.8 Å². The second-order valence-corrected chi connectivity index (χ2v) is 6.49. The number of aromatic nitrogens is 3. The molecule has 2 N–H and O–H groups in total. The van der Waals surface area contributed by atoms with Gasteiger partial charge in [-0.15, -0.1) is 0 Å². The van der Waals surface area contributed by atoms with Crippen LogP contribution in [0.15, 0.2) is 6.20 Å². The topological polar surface area (TPSA) is 91.2 Å². The summed E-state index contributed by atoms with van der Waals surface area (Å²) >= 11 is 1.53. The van der Waals surface area contributed by atoms with Crippen LogP contribution in [0.1, 0.15) is 24.6 Å². The molecule has 1 atom stereocenters. The summed E-state index contributed by atoms with van der Waals surface area (Å²) in [5, 5.41) is 12.9. The lowest BCUT2D eigenvalue weighted by molar-refractivity contribution is -0.139. The van der Waals surface area contributed by atoms with Gasteiger partial charge in [0, 0.05) is 25.6 Å². The van der Waals surface area contributed by atoms with Crippen molar-refractivity contribution in [1.29, 1.82) is 0 Å². The minimum absolute atomic E-state index is 0.429. The summed E-state index contributed by atoms with van der Waals surface area (Å²) in [6.45, 7) is 1.83. The molecule has 2 aliphatic rings. The van der Waals surface area contributed by atoms with E-state index in [0.29, 0.717) is 19.0 Å². The van der Waals surface area contributed by atoms with Crippen molar-refractivity contribution in [3.63, 3.8) is 0 Å². The van der Waals surface area contributed by atoms with Crippen LogP contribution in [0.3, 0.4) is 0 Å². The molecule has 21 heavy (non-hydrogen) atoms. The number of hydrogen-bond acceptors (Lipinski definition) is 7. The largest absolute Gasteiger partial charge is 0.480 e. The molecule has 110 valence electrons. The molecule has 1 aliphatic heterocycles. The normalized spacial score (nSPS) is 22.7. The van der Waals surface area contributed by atoms with Gasteiger partial charge in [-0.1, -0.05) is 11.3 Å². The van der Waals surface area contributed by atoms with Gasteiger partial charge in [0.2, 0.25) is 0 Å². The number of anilines is 1. The summed E-state index contributed by atoms with van der Waals surface area (Å²) in [6.07, 6.45) is 4.18. The lowest BCUT2D eigenvalue weighted by Gasteiger charge is -2.31. The second kappa shape index (κ2) is 4.88. The number of carboxylic acid groups (broad SMARTS) is 1. The molecule has 0 radical (unpaired) electrons. The molecule has 8 heteroatoms. The summed E-state index contributed by atoms with van der Waals surface area (Å²) in [7, 11) is 0. The molecule has 2 aromatic rings. The van der Waals surface area contributed by atoms with E-state index >= 15 is 0 Å². The van der Waals surface area contributed by atoms with Crippen LogP contribution in [0, 0.1) is 0 Å². The first-order valence-corrected chi connectivity index (χ1v) is 7.87. The molecule has 1 aliphatic carbocycles. The van der Waals surface area contributed by atoms with E-state index in [1.54, 1.807) is 0 Å². The molecule has 0 bridgehead atoms. The van der Waals surface area contributed by atoms with Crippen LogP contribution in [0.2, 0.25) is 0 Å². The van der Waals surface area contributed by atoms with Crippen LogP contribution in [-0.4, -0.2) is 51.7 Å². The van der Waals surface area contributed by atoms with Crippen LogP contribution in [-0.2, 0) is 4.79 Å². The maximum absolute atomic E-state index is 11.1. The fourth-order valence-electron chi connectivity index (χ4n) is 2.50. The van der Waals surface area contributed by atoms with Gasteiger partial charge in [-0.2, -0.15) is 4.98 Å². The van der Waals surface area contributed by atoms with Gasteiger partial charge in [-0.05, 0) is 12.8 Å². The number of nitrogens with zero attached hydrogens (tertiary/aromatic N) is 4. The Bertz CT molecular complexity index is 699. The second-order valence-electron chi connectivity index (χ2n) is 5.48. The molecule has 2 fully saturated rings. The molecule has 0 amide bonds. The Morgan fingerprint density at radius 2 is 2.29 bits per heavy atom. The monoisotopic (exact) mass is 305 g/mol. The average Bonchev–Trinajstić information content (AvgIpc) is 3.26. The Morgan fingerprint density at radius 1 is 1.43 bits per heavy atom. The van der Waals surface area contributed by atoms with Crippen LogP contribution in [0.25, 0.3) is 10.3 Å². The van der Waals surface area contributed by atoms with Gasteiger partial charge in [-0.25, -0.2) is 9.97 Å². The quantitative estimate of drug-likeness (QED) is 0.867. The molecule has 2 aromatic heterocycles. The van der Waals surface area contributed by atoms with Crippen molar-refractivity contribution in [1.82, 2.24) is 20.3 Å². The molecule has 7 nitrogen and oxygen atoms in total. The van der Waals surface area contributed by atoms with Crippen molar-refractivity contribution in [3.05, 3.63) is 12.0 Å². The third-order valence-corrected chi connectivity index (χ3v) is 4.88. The molecule has 1 saturated carbocycles. The standard InChI is InChI=1S/C13H15N5O2S/c19-12(20)8-6-18(4-3-14-8)13-17-11-9(21-13)5-15-10(16-11)7-1-2-7/h5,7-8,14H,1-4,6H2,(H,19,20)/t8-/m1/s1. The van der Waals surface area contributed by atoms with Gasteiger partial charge in [-0.3, -0.25) is 4.79 Å². The molecular formula is C13H15N5O2S. The molecule has 4 rings (SSSR count). The number of nitrogens with one attached hydrogen (secondary N) is 1. The summed E-state index contributed by atoms with van der Waals surface area (Å²) in [5.41, 5.74) is 0.734. The van der Waals surface area contributed by atoms with Gasteiger partial charge in [0.1, 0.15) is 11.9 Å². The maximum Gasteiger partial charge on any atom is 0.322 e. The van der Waals surface area contributed by atoms with E-state index in [2.05, 4.69) is 20.3 Å². The highest BCUT2D eigenvalue weighted by Crippen LogP contribution is 2.39. The lowest BCUT2D eigenvalue weighted by atomic mass is 10.2. The predicted octanol–water partition coefficient (Wildman–Crippen LogP) is 0.826. The molecule has 0 unspecified atom stereocenters. The first-order valence-electron chi connectivity index (χ1n) is 7.05.